The van der Waals surface area contributed by atoms with Crippen molar-refractivity contribution in [3.63, 3.8) is 0 Å². The van der Waals surface area contributed by atoms with Crippen molar-refractivity contribution >= 4 is 11.7 Å². The second-order valence-electron chi connectivity index (χ2n) is 5.43. The molecule has 0 spiro atoms. The first-order chi connectivity index (χ1) is 9.60. The molecule has 0 unspecified atom stereocenters. The third-order valence-electron chi connectivity index (χ3n) is 4.15. The molecule has 0 aliphatic heterocycles. The highest BCUT2D eigenvalue weighted by Crippen LogP contribution is 2.37. The van der Waals surface area contributed by atoms with Crippen LogP contribution in [0.15, 0.2) is 0 Å². The Labute approximate surface area is 120 Å². The van der Waals surface area contributed by atoms with E-state index in [4.69, 9.17) is 0 Å². The Hall–Kier alpha value is -1.80. The maximum absolute atomic E-state index is 11.9. The fourth-order valence-electron chi connectivity index (χ4n) is 3.04. The molecule has 20 heavy (non-hydrogen) atoms. The second kappa shape index (κ2) is 6.10. The third kappa shape index (κ3) is 2.56. The molecule has 108 valence electrons. The van der Waals surface area contributed by atoms with E-state index in [0.717, 1.165) is 24.1 Å². The van der Waals surface area contributed by atoms with Gasteiger partial charge in [-0.25, -0.2) is 0 Å². The van der Waals surface area contributed by atoms with Gasteiger partial charge in [-0.15, -0.1) is 0 Å². The van der Waals surface area contributed by atoms with E-state index in [1.165, 1.54) is 12.8 Å². The molecule has 0 atom stereocenters. The average Bonchev–Trinajstić information content (AvgIpc) is 2.99. The molecule has 5 heteroatoms. The van der Waals surface area contributed by atoms with Gasteiger partial charge in [0.05, 0.1) is 12.1 Å². The number of carbonyl (C=O) groups is 1. The molecule has 1 saturated carbocycles. The lowest BCUT2D eigenvalue weighted by Crippen LogP contribution is -2.27. The molecule has 1 fully saturated rings. The number of hydrogen-bond donors (Lipinski definition) is 2. The van der Waals surface area contributed by atoms with Crippen molar-refractivity contribution < 1.29 is 4.79 Å². The SMILES string of the molecule is CNCC(=O)Nc1c(C#N)c(C)c(C)n1C1CCCC1. The number of likely N-dealkylation sites (N-methyl/N-ethyl adjacent to an activating group) is 1. The molecule has 1 heterocycles. The van der Waals surface area contributed by atoms with Gasteiger partial charge in [0.25, 0.3) is 0 Å². The van der Waals surface area contributed by atoms with Gasteiger partial charge in [0.15, 0.2) is 0 Å². The Kier molecular flexibility index (Phi) is 4.46. The van der Waals surface area contributed by atoms with E-state index in [9.17, 15) is 10.1 Å². The summed E-state index contributed by atoms with van der Waals surface area (Å²) in [5, 5.41) is 15.1. The Morgan fingerprint density at radius 3 is 2.60 bits per heavy atom. The maximum Gasteiger partial charge on any atom is 0.239 e. The fourth-order valence-corrected chi connectivity index (χ4v) is 3.04. The topological polar surface area (TPSA) is 69.8 Å². The van der Waals surface area contributed by atoms with Crippen LogP contribution in [-0.2, 0) is 4.79 Å². The number of anilines is 1. The quantitative estimate of drug-likeness (QED) is 0.884. The monoisotopic (exact) mass is 274 g/mol. The number of nitriles is 1. The lowest BCUT2D eigenvalue weighted by atomic mass is 10.2. The number of amides is 1. The van der Waals surface area contributed by atoms with Crippen LogP contribution in [0.2, 0.25) is 0 Å². The Bertz CT molecular complexity index is 547. The molecule has 1 aromatic heterocycles. The van der Waals surface area contributed by atoms with Gasteiger partial charge >= 0.3 is 0 Å². The molecule has 0 radical (unpaired) electrons. The summed E-state index contributed by atoms with van der Waals surface area (Å²) < 4.78 is 2.16. The molecule has 0 aromatic carbocycles. The summed E-state index contributed by atoms with van der Waals surface area (Å²) in [6.45, 7) is 4.23. The van der Waals surface area contributed by atoms with Crippen molar-refractivity contribution in [1.29, 1.82) is 5.26 Å². The predicted molar refractivity (Wildman–Crippen MR) is 78.7 cm³/mol. The molecule has 5 nitrogen and oxygen atoms in total. The number of nitrogens with zero attached hydrogens (tertiary/aromatic N) is 2. The van der Waals surface area contributed by atoms with Crippen LogP contribution in [0.25, 0.3) is 0 Å². The molecule has 2 N–H and O–H groups in total. The van der Waals surface area contributed by atoms with Crippen LogP contribution in [0, 0.1) is 25.2 Å². The highest BCUT2D eigenvalue weighted by atomic mass is 16.2. The Balaban J connectivity index is 2.43. The van der Waals surface area contributed by atoms with E-state index in [-0.39, 0.29) is 12.5 Å². The summed E-state index contributed by atoms with van der Waals surface area (Å²) in [5.74, 6) is 0.565. The second-order valence-corrected chi connectivity index (χ2v) is 5.43. The van der Waals surface area contributed by atoms with Gasteiger partial charge in [0.2, 0.25) is 5.91 Å². The van der Waals surface area contributed by atoms with Crippen molar-refractivity contribution in [1.82, 2.24) is 9.88 Å². The molecule has 0 bridgehead atoms. The van der Waals surface area contributed by atoms with Crippen molar-refractivity contribution in [2.75, 3.05) is 18.9 Å². The highest BCUT2D eigenvalue weighted by molar-refractivity contribution is 5.93. The largest absolute Gasteiger partial charge is 0.327 e. The normalized spacial score (nSPS) is 15.3. The zero-order valence-electron chi connectivity index (χ0n) is 12.4. The van der Waals surface area contributed by atoms with Crippen molar-refractivity contribution in [3.05, 3.63) is 16.8 Å². The standard InChI is InChI=1S/C15H22N4O/c1-10-11(2)19(12-6-4-5-7-12)15(13(10)8-16)18-14(20)9-17-3/h12,17H,4-7,9H2,1-3H3,(H,18,20). The van der Waals surface area contributed by atoms with Crippen LogP contribution in [0.5, 0.6) is 0 Å². The lowest BCUT2D eigenvalue weighted by molar-refractivity contribution is -0.115. The van der Waals surface area contributed by atoms with Crippen LogP contribution >= 0.6 is 0 Å². The minimum Gasteiger partial charge on any atom is -0.327 e. The molecule has 2 rings (SSSR count). The van der Waals surface area contributed by atoms with Crippen LogP contribution in [0.3, 0.4) is 0 Å². The zero-order valence-corrected chi connectivity index (χ0v) is 12.4. The molecule has 1 aliphatic carbocycles. The molecule has 1 amide bonds. The lowest BCUT2D eigenvalue weighted by Gasteiger charge is -2.19. The molecular weight excluding hydrogens is 252 g/mol. The number of carbonyl (C=O) groups excluding carboxylic acids is 1. The van der Waals surface area contributed by atoms with Gasteiger partial charge in [0, 0.05) is 11.7 Å². The summed E-state index contributed by atoms with van der Waals surface area (Å²) in [7, 11) is 1.73. The van der Waals surface area contributed by atoms with Crippen LogP contribution in [0.4, 0.5) is 5.82 Å². The first kappa shape index (κ1) is 14.6. The summed E-state index contributed by atoms with van der Waals surface area (Å²) >= 11 is 0. The van der Waals surface area contributed by atoms with Gasteiger partial charge in [-0.05, 0) is 39.3 Å². The molecule has 1 aromatic rings. The molecular formula is C15H22N4O. The summed E-state index contributed by atoms with van der Waals surface area (Å²) in [6.07, 6.45) is 4.67. The first-order valence-corrected chi connectivity index (χ1v) is 7.16. The van der Waals surface area contributed by atoms with E-state index in [2.05, 4.69) is 21.3 Å². The smallest absolute Gasteiger partial charge is 0.239 e. The first-order valence-electron chi connectivity index (χ1n) is 7.16. The number of rotatable bonds is 4. The summed E-state index contributed by atoms with van der Waals surface area (Å²) in [6, 6.07) is 2.64. The maximum atomic E-state index is 11.9. The number of aromatic nitrogens is 1. The predicted octanol–water partition coefficient (Wildman–Crippen LogP) is 2.25. The molecule has 1 aliphatic rings. The van der Waals surface area contributed by atoms with Crippen LogP contribution < -0.4 is 10.6 Å². The van der Waals surface area contributed by atoms with E-state index >= 15 is 0 Å². The summed E-state index contributed by atoms with van der Waals surface area (Å²) in [4.78, 5) is 11.9. The minimum absolute atomic E-state index is 0.110. The Morgan fingerprint density at radius 1 is 1.40 bits per heavy atom. The van der Waals surface area contributed by atoms with E-state index in [1.807, 2.05) is 13.8 Å². The van der Waals surface area contributed by atoms with Crippen molar-refractivity contribution in [3.8, 4) is 6.07 Å². The minimum atomic E-state index is -0.110. The average molecular weight is 274 g/mol. The number of nitrogens with one attached hydrogen (secondary N) is 2. The third-order valence-corrected chi connectivity index (χ3v) is 4.15. The van der Waals surface area contributed by atoms with E-state index < -0.39 is 0 Å². The van der Waals surface area contributed by atoms with E-state index in [1.54, 1.807) is 7.05 Å². The van der Waals surface area contributed by atoms with Gasteiger partial charge < -0.3 is 15.2 Å². The summed E-state index contributed by atoms with van der Waals surface area (Å²) in [5.41, 5.74) is 2.66. The highest BCUT2D eigenvalue weighted by Gasteiger charge is 2.26. The zero-order chi connectivity index (χ0) is 14.7. The van der Waals surface area contributed by atoms with Crippen LogP contribution in [-0.4, -0.2) is 24.1 Å². The van der Waals surface area contributed by atoms with E-state index in [0.29, 0.717) is 17.4 Å². The van der Waals surface area contributed by atoms with Gasteiger partial charge in [-0.3, -0.25) is 4.79 Å². The van der Waals surface area contributed by atoms with Crippen molar-refractivity contribution in [2.24, 2.45) is 0 Å². The van der Waals surface area contributed by atoms with Crippen LogP contribution in [0.1, 0.15) is 48.5 Å². The van der Waals surface area contributed by atoms with Crippen molar-refractivity contribution in [2.45, 2.75) is 45.6 Å². The van der Waals surface area contributed by atoms with Gasteiger partial charge in [-0.1, -0.05) is 12.8 Å². The number of hydrogen-bond acceptors (Lipinski definition) is 3. The molecule has 0 saturated heterocycles. The fraction of sp³-hybridized carbons (Fsp3) is 0.600. The van der Waals surface area contributed by atoms with Gasteiger partial charge in [-0.2, -0.15) is 5.26 Å². The van der Waals surface area contributed by atoms with Gasteiger partial charge in [0.1, 0.15) is 11.9 Å². The Morgan fingerprint density at radius 2 is 2.05 bits per heavy atom.